The molecule has 2 nitrogen and oxygen atoms in total. The third-order valence-electron chi connectivity index (χ3n) is 1.33. The van der Waals surface area contributed by atoms with E-state index in [4.69, 9.17) is 0 Å². The van der Waals surface area contributed by atoms with Crippen LogP contribution in [0, 0.1) is 0 Å². The van der Waals surface area contributed by atoms with E-state index in [2.05, 4.69) is 20.9 Å². The minimum absolute atomic E-state index is 0.0753. The van der Waals surface area contributed by atoms with Crippen LogP contribution in [0.5, 0.6) is 0 Å². The smallest absolute Gasteiger partial charge is 0.180 e. The van der Waals surface area contributed by atoms with Crippen LogP contribution in [-0.4, -0.2) is 10.8 Å². The van der Waals surface area contributed by atoms with Gasteiger partial charge < -0.3 is 0 Å². The van der Waals surface area contributed by atoms with Crippen LogP contribution < -0.4 is 0 Å². The van der Waals surface area contributed by atoms with E-state index in [0.29, 0.717) is 12.1 Å². The molecular weight excluding hydrogens is 206 g/mol. The molecule has 1 aromatic rings. The molecule has 0 radical (unpaired) electrons. The summed E-state index contributed by atoms with van der Waals surface area (Å²) in [4.78, 5) is 15.0. The van der Waals surface area contributed by atoms with Gasteiger partial charge in [-0.1, -0.05) is 22.9 Å². The maximum absolute atomic E-state index is 11.1. The lowest BCUT2D eigenvalue weighted by Gasteiger charge is -1.95. The van der Waals surface area contributed by atoms with Crippen LogP contribution in [0.2, 0.25) is 0 Å². The van der Waals surface area contributed by atoms with E-state index in [-0.39, 0.29) is 5.78 Å². The van der Waals surface area contributed by atoms with E-state index in [1.165, 1.54) is 0 Å². The number of pyridine rings is 1. The first-order valence-corrected chi connectivity index (χ1v) is 4.18. The summed E-state index contributed by atoms with van der Waals surface area (Å²) in [5.74, 6) is 0.0753. The van der Waals surface area contributed by atoms with E-state index in [0.717, 1.165) is 4.47 Å². The van der Waals surface area contributed by atoms with Gasteiger partial charge in [0.05, 0.1) is 0 Å². The Morgan fingerprint density at radius 3 is 3.00 bits per heavy atom. The molecule has 1 rings (SSSR count). The molecule has 1 heterocycles. The number of aromatic nitrogens is 1. The van der Waals surface area contributed by atoms with Crippen LogP contribution in [0.3, 0.4) is 0 Å². The van der Waals surface area contributed by atoms with Crippen molar-refractivity contribution in [3.05, 3.63) is 28.5 Å². The van der Waals surface area contributed by atoms with E-state index >= 15 is 0 Å². The topological polar surface area (TPSA) is 30.0 Å². The second-order valence-corrected chi connectivity index (χ2v) is 3.05. The first kappa shape index (κ1) is 8.40. The number of nitrogens with zero attached hydrogens (tertiary/aromatic N) is 1. The minimum Gasteiger partial charge on any atom is -0.292 e. The second-order valence-electron chi connectivity index (χ2n) is 2.14. The predicted octanol–water partition coefficient (Wildman–Crippen LogP) is 2.44. The van der Waals surface area contributed by atoms with Gasteiger partial charge in [-0.05, 0) is 12.1 Å². The molecule has 0 fully saturated rings. The molecule has 0 N–H and O–H groups in total. The Morgan fingerprint density at radius 1 is 1.73 bits per heavy atom. The van der Waals surface area contributed by atoms with Gasteiger partial charge in [0.15, 0.2) is 5.78 Å². The molecule has 0 saturated heterocycles. The van der Waals surface area contributed by atoms with Crippen molar-refractivity contribution in [1.29, 1.82) is 0 Å². The molecule has 0 bridgehead atoms. The van der Waals surface area contributed by atoms with Crippen molar-refractivity contribution in [2.45, 2.75) is 13.3 Å². The summed E-state index contributed by atoms with van der Waals surface area (Å²) in [5.41, 5.74) is 0.530. The van der Waals surface area contributed by atoms with Crippen LogP contribution >= 0.6 is 15.9 Å². The largest absolute Gasteiger partial charge is 0.292 e. The number of carbonyl (C=O) groups excluding carboxylic acids is 1. The molecule has 3 heteroatoms. The average Bonchev–Trinajstić information content (AvgIpc) is 2.03. The SMILES string of the molecule is CCC(=O)c1cc(Br)ccn1. The zero-order valence-corrected chi connectivity index (χ0v) is 7.76. The molecule has 11 heavy (non-hydrogen) atoms. The quantitative estimate of drug-likeness (QED) is 0.707. The highest BCUT2D eigenvalue weighted by Crippen LogP contribution is 2.10. The fourth-order valence-electron chi connectivity index (χ4n) is 0.738. The molecule has 0 amide bonds. The van der Waals surface area contributed by atoms with Crippen LogP contribution in [0.25, 0.3) is 0 Å². The predicted molar refractivity (Wildman–Crippen MR) is 46.6 cm³/mol. The molecule has 0 aliphatic carbocycles. The first-order chi connectivity index (χ1) is 5.24. The maximum atomic E-state index is 11.1. The fourth-order valence-corrected chi connectivity index (χ4v) is 1.07. The van der Waals surface area contributed by atoms with Crippen molar-refractivity contribution in [3.8, 4) is 0 Å². The van der Waals surface area contributed by atoms with Gasteiger partial charge in [0.2, 0.25) is 0 Å². The molecule has 0 saturated carbocycles. The minimum atomic E-state index is 0.0753. The van der Waals surface area contributed by atoms with Crippen molar-refractivity contribution in [2.24, 2.45) is 0 Å². The molecule has 1 aromatic heterocycles. The average molecular weight is 214 g/mol. The molecule has 0 aromatic carbocycles. The van der Waals surface area contributed by atoms with E-state index < -0.39 is 0 Å². The number of halogens is 1. The Balaban J connectivity index is 2.96. The fraction of sp³-hybridized carbons (Fsp3) is 0.250. The van der Waals surface area contributed by atoms with Crippen molar-refractivity contribution in [3.63, 3.8) is 0 Å². The summed E-state index contributed by atoms with van der Waals surface area (Å²) in [6, 6.07) is 3.53. The van der Waals surface area contributed by atoms with Gasteiger partial charge >= 0.3 is 0 Å². The Morgan fingerprint density at radius 2 is 2.45 bits per heavy atom. The highest BCUT2D eigenvalue weighted by Gasteiger charge is 2.03. The summed E-state index contributed by atoms with van der Waals surface area (Å²) in [7, 11) is 0. The Hall–Kier alpha value is -0.700. The van der Waals surface area contributed by atoms with Crippen molar-refractivity contribution >= 4 is 21.7 Å². The third kappa shape index (κ3) is 2.12. The summed E-state index contributed by atoms with van der Waals surface area (Å²) < 4.78 is 0.893. The van der Waals surface area contributed by atoms with Crippen molar-refractivity contribution in [1.82, 2.24) is 4.98 Å². The second kappa shape index (κ2) is 3.62. The van der Waals surface area contributed by atoms with Crippen LogP contribution in [0.15, 0.2) is 22.8 Å². The Bertz CT molecular complexity index is 273. The molecule has 0 spiro atoms. The lowest BCUT2D eigenvalue weighted by molar-refractivity contribution is 0.0983. The molecule has 58 valence electrons. The molecule has 0 aliphatic rings. The lowest BCUT2D eigenvalue weighted by atomic mass is 10.2. The molecule has 0 atom stereocenters. The number of carbonyl (C=O) groups is 1. The Kier molecular flexibility index (Phi) is 2.76. The normalized spacial score (nSPS) is 9.64. The van der Waals surface area contributed by atoms with Gasteiger partial charge in [-0.3, -0.25) is 9.78 Å². The highest BCUT2D eigenvalue weighted by molar-refractivity contribution is 9.10. The first-order valence-electron chi connectivity index (χ1n) is 3.38. The molecule has 0 unspecified atom stereocenters. The summed E-state index contributed by atoms with van der Waals surface area (Å²) >= 11 is 3.27. The summed E-state index contributed by atoms with van der Waals surface area (Å²) in [5, 5.41) is 0. The maximum Gasteiger partial charge on any atom is 0.180 e. The number of rotatable bonds is 2. The van der Waals surface area contributed by atoms with E-state index in [9.17, 15) is 4.79 Å². The van der Waals surface area contributed by atoms with Crippen LogP contribution in [0.4, 0.5) is 0 Å². The van der Waals surface area contributed by atoms with Crippen molar-refractivity contribution < 1.29 is 4.79 Å². The van der Waals surface area contributed by atoms with Gasteiger partial charge in [0.1, 0.15) is 5.69 Å². The zero-order valence-electron chi connectivity index (χ0n) is 6.17. The Labute approximate surface area is 73.8 Å². The van der Waals surface area contributed by atoms with Crippen molar-refractivity contribution in [2.75, 3.05) is 0 Å². The van der Waals surface area contributed by atoms with E-state index in [1.54, 1.807) is 18.3 Å². The van der Waals surface area contributed by atoms with Gasteiger partial charge in [-0.2, -0.15) is 0 Å². The molecule has 0 aliphatic heterocycles. The number of hydrogen-bond donors (Lipinski definition) is 0. The van der Waals surface area contributed by atoms with E-state index in [1.807, 2.05) is 6.92 Å². The number of ketones is 1. The standard InChI is InChI=1S/C8H8BrNO/c1-2-8(11)7-5-6(9)3-4-10-7/h3-5H,2H2,1H3. The van der Waals surface area contributed by atoms with Crippen LogP contribution in [0.1, 0.15) is 23.8 Å². The monoisotopic (exact) mass is 213 g/mol. The lowest BCUT2D eigenvalue weighted by Crippen LogP contribution is -1.98. The number of Topliss-reactive ketones (excluding diaryl/α,β-unsaturated/α-hetero) is 1. The third-order valence-corrected chi connectivity index (χ3v) is 1.82. The van der Waals surface area contributed by atoms with Gasteiger partial charge in [0.25, 0.3) is 0 Å². The van der Waals surface area contributed by atoms with Gasteiger partial charge in [-0.25, -0.2) is 0 Å². The highest BCUT2D eigenvalue weighted by atomic mass is 79.9. The van der Waals surface area contributed by atoms with Gasteiger partial charge in [-0.15, -0.1) is 0 Å². The van der Waals surface area contributed by atoms with Crippen LogP contribution in [-0.2, 0) is 0 Å². The number of hydrogen-bond acceptors (Lipinski definition) is 2. The summed E-state index contributed by atoms with van der Waals surface area (Å²) in [6.07, 6.45) is 2.12. The zero-order chi connectivity index (χ0) is 8.27. The van der Waals surface area contributed by atoms with Gasteiger partial charge in [0, 0.05) is 17.1 Å². The summed E-state index contributed by atoms with van der Waals surface area (Å²) in [6.45, 7) is 1.82. The molecular formula is C8H8BrNO.